The number of rotatable bonds is 2. The number of aliphatic imine (C=N–C) groups is 1. The molecule has 0 saturated heterocycles. The van der Waals surface area contributed by atoms with Crippen molar-refractivity contribution >= 4 is 5.84 Å². The standard InChI is InChI=1S/C21H19F4N3O/c1-19(2)21(24,25)20(3,28-18(27)11-29-19)15-9-13(5-7-16(15)22)14-6-4-12(10-26)8-17(14)23/h4-9H,11H2,1-3H3,(H2,27,28). The lowest BCUT2D eigenvalue weighted by molar-refractivity contribution is -0.214. The average molecular weight is 405 g/mol. The van der Waals surface area contributed by atoms with E-state index in [1.165, 1.54) is 32.0 Å². The van der Waals surface area contributed by atoms with Crippen molar-refractivity contribution in [2.24, 2.45) is 10.7 Å². The van der Waals surface area contributed by atoms with Gasteiger partial charge in [0.15, 0.2) is 5.54 Å². The average Bonchev–Trinajstić information content (AvgIpc) is 2.71. The van der Waals surface area contributed by atoms with Gasteiger partial charge in [-0.1, -0.05) is 12.1 Å². The van der Waals surface area contributed by atoms with E-state index in [0.29, 0.717) is 0 Å². The smallest absolute Gasteiger partial charge is 0.304 e. The fourth-order valence-corrected chi connectivity index (χ4v) is 3.43. The molecule has 2 aromatic rings. The molecule has 0 fully saturated rings. The highest BCUT2D eigenvalue weighted by Crippen LogP contribution is 2.51. The van der Waals surface area contributed by atoms with E-state index in [-0.39, 0.29) is 29.1 Å². The molecule has 1 unspecified atom stereocenters. The molecule has 1 heterocycles. The third kappa shape index (κ3) is 3.25. The van der Waals surface area contributed by atoms with E-state index >= 15 is 8.78 Å². The Kier molecular flexibility index (Phi) is 4.91. The van der Waals surface area contributed by atoms with E-state index in [1.807, 2.05) is 6.07 Å². The van der Waals surface area contributed by atoms with Gasteiger partial charge in [0.2, 0.25) is 0 Å². The Labute approximate surface area is 165 Å². The Morgan fingerprint density at radius 2 is 1.76 bits per heavy atom. The van der Waals surface area contributed by atoms with Crippen LogP contribution in [0.3, 0.4) is 0 Å². The first kappa shape index (κ1) is 20.8. The van der Waals surface area contributed by atoms with Crippen molar-refractivity contribution in [2.75, 3.05) is 6.61 Å². The number of alkyl halides is 2. The van der Waals surface area contributed by atoms with Gasteiger partial charge in [-0.15, -0.1) is 0 Å². The van der Waals surface area contributed by atoms with Gasteiger partial charge in [0.05, 0.1) is 11.6 Å². The highest BCUT2D eigenvalue weighted by Gasteiger charge is 2.63. The third-order valence-electron chi connectivity index (χ3n) is 5.22. The lowest BCUT2D eigenvalue weighted by Crippen LogP contribution is -2.56. The predicted octanol–water partition coefficient (Wildman–Crippen LogP) is 4.52. The molecule has 0 radical (unpaired) electrons. The SMILES string of the molecule is CC1(C)OCC(N)=NC(C)(c2cc(-c3ccc(C#N)cc3F)ccc2F)C1(F)F. The Hall–Kier alpha value is -2.92. The number of hydrogen-bond donors (Lipinski definition) is 1. The number of ether oxygens (including phenoxy) is 1. The second kappa shape index (κ2) is 6.85. The molecule has 0 saturated carbocycles. The molecule has 2 aromatic carbocycles. The summed E-state index contributed by atoms with van der Waals surface area (Å²) in [6, 6.07) is 8.94. The maximum Gasteiger partial charge on any atom is 0.304 e. The molecule has 0 bridgehead atoms. The summed E-state index contributed by atoms with van der Waals surface area (Å²) in [5, 5.41) is 8.88. The summed E-state index contributed by atoms with van der Waals surface area (Å²) in [7, 11) is 0. The van der Waals surface area contributed by atoms with Crippen LogP contribution in [0.5, 0.6) is 0 Å². The van der Waals surface area contributed by atoms with Crippen molar-refractivity contribution in [1.82, 2.24) is 0 Å². The van der Waals surface area contributed by atoms with Crippen molar-refractivity contribution in [3.8, 4) is 17.2 Å². The summed E-state index contributed by atoms with van der Waals surface area (Å²) in [6.45, 7) is 3.11. The van der Waals surface area contributed by atoms with Crippen molar-refractivity contribution in [2.45, 2.75) is 37.8 Å². The van der Waals surface area contributed by atoms with E-state index in [1.54, 1.807) is 0 Å². The highest BCUT2D eigenvalue weighted by atomic mass is 19.3. The number of hydrogen-bond acceptors (Lipinski definition) is 4. The summed E-state index contributed by atoms with van der Waals surface area (Å²) in [5.41, 5.74) is 1.21. The van der Waals surface area contributed by atoms with Crippen LogP contribution in [0.15, 0.2) is 41.4 Å². The second-order valence-corrected chi connectivity index (χ2v) is 7.55. The van der Waals surface area contributed by atoms with E-state index in [2.05, 4.69) is 4.99 Å². The van der Waals surface area contributed by atoms with Crippen LogP contribution in [0.4, 0.5) is 17.6 Å². The van der Waals surface area contributed by atoms with Gasteiger partial charge in [0, 0.05) is 11.1 Å². The molecule has 0 amide bonds. The van der Waals surface area contributed by atoms with Crippen LogP contribution >= 0.6 is 0 Å². The topological polar surface area (TPSA) is 71.4 Å². The molecule has 0 aliphatic carbocycles. The summed E-state index contributed by atoms with van der Waals surface area (Å²) in [6.07, 6.45) is 0. The van der Waals surface area contributed by atoms with Crippen molar-refractivity contribution in [3.05, 3.63) is 59.2 Å². The largest absolute Gasteiger partial charge is 0.385 e. The maximum atomic E-state index is 15.5. The number of halogens is 4. The molecule has 3 rings (SSSR count). The van der Waals surface area contributed by atoms with E-state index in [0.717, 1.165) is 25.1 Å². The first-order valence-electron chi connectivity index (χ1n) is 8.79. The molecule has 1 atom stereocenters. The monoisotopic (exact) mass is 405 g/mol. The normalized spacial score (nSPS) is 23.0. The third-order valence-corrected chi connectivity index (χ3v) is 5.22. The number of benzene rings is 2. The van der Waals surface area contributed by atoms with Crippen LogP contribution < -0.4 is 5.73 Å². The van der Waals surface area contributed by atoms with Gasteiger partial charge >= 0.3 is 5.92 Å². The zero-order chi connectivity index (χ0) is 21.6. The first-order valence-corrected chi connectivity index (χ1v) is 8.79. The van der Waals surface area contributed by atoms with E-state index < -0.39 is 34.3 Å². The molecular weight excluding hydrogens is 386 g/mol. The Morgan fingerprint density at radius 1 is 1.07 bits per heavy atom. The molecule has 1 aliphatic rings. The van der Waals surface area contributed by atoms with Crippen molar-refractivity contribution in [1.29, 1.82) is 5.26 Å². The molecule has 0 aromatic heterocycles. The van der Waals surface area contributed by atoms with Crippen LogP contribution in [0.1, 0.15) is 31.9 Å². The van der Waals surface area contributed by atoms with Gasteiger partial charge in [-0.05, 0) is 50.6 Å². The minimum absolute atomic E-state index is 0.0400. The summed E-state index contributed by atoms with van der Waals surface area (Å²) in [4.78, 5) is 3.91. The van der Waals surface area contributed by atoms with Crippen molar-refractivity contribution < 1.29 is 22.3 Å². The summed E-state index contributed by atoms with van der Waals surface area (Å²) >= 11 is 0. The Bertz CT molecular complexity index is 1040. The molecule has 2 N–H and O–H groups in total. The fraction of sp³-hybridized carbons (Fsp3) is 0.333. The number of nitriles is 1. The van der Waals surface area contributed by atoms with Gasteiger partial charge in [0.1, 0.15) is 29.7 Å². The number of nitrogens with two attached hydrogens (primary N) is 1. The highest BCUT2D eigenvalue weighted by molar-refractivity contribution is 5.82. The van der Waals surface area contributed by atoms with Gasteiger partial charge in [-0.2, -0.15) is 5.26 Å². The summed E-state index contributed by atoms with van der Waals surface area (Å²) < 4.78 is 65.4. The van der Waals surface area contributed by atoms with E-state index in [4.69, 9.17) is 15.7 Å². The van der Waals surface area contributed by atoms with Gasteiger partial charge < -0.3 is 10.5 Å². The molecule has 29 heavy (non-hydrogen) atoms. The van der Waals surface area contributed by atoms with Crippen LogP contribution in [-0.4, -0.2) is 24.0 Å². The fourth-order valence-electron chi connectivity index (χ4n) is 3.43. The Morgan fingerprint density at radius 3 is 2.38 bits per heavy atom. The molecule has 0 spiro atoms. The minimum atomic E-state index is -3.65. The van der Waals surface area contributed by atoms with Gasteiger partial charge in [0.25, 0.3) is 0 Å². The zero-order valence-electron chi connectivity index (χ0n) is 16.1. The van der Waals surface area contributed by atoms with E-state index in [9.17, 15) is 8.78 Å². The Balaban J connectivity index is 2.24. The molecule has 152 valence electrons. The zero-order valence-corrected chi connectivity index (χ0v) is 16.1. The molecule has 8 heteroatoms. The number of amidine groups is 1. The van der Waals surface area contributed by atoms with Gasteiger partial charge in [-0.25, -0.2) is 17.6 Å². The lowest BCUT2D eigenvalue weighted by atomic mass is 9.77. The second-order valence-electron chi connectivity index (χ2n) is 7.55. The quantitative estimate of drug-likeness (QED) is 0.747. The van der Waals surface area contributed by atoms with Crippen LogP contribution in [0, 0.1) is 23.0 Å². The van der Waals surface area contributed by atoms with Crippen LogP contribution in [-0.2, 0) is 10.3 Å². The first-order chi connectivity index (χ1) is 13.4. The van der Waals surface area contributed by atoms with Crippen LogP contribution in [0.25, 0.3) is 11.1 Å². The van der Waals surface area contributed by atoms with Gasteiger partial charge in [-0.3, -0.25) is 4.99 Å². The molecule has 4 nitrogen and oxygen atoms in total. The van der Waals surface area contributed by atoms with Crippen molar-refractivity contribution in [3.63, 3.8) is 0 Å². The predicted molar refractivity (Wildman–Crippen MR) is 100 cm³/mol. The maximum absolute atomic E-state index is 15.5. The minimum Gasteiger partial charge on any atom is -0.385 e. The lowest BCUT2D eigenvalue weighted by Gasteiger charge is -2.42. The molecular formula is C21H19F4N3O. The van der Waals surface area contributed by atoms with Crippen LogP contribution in [0.2, 0.25) is 0 Å². The molecule has 1 aliphatic heterocycles. The summed E-state index contributed by atoms with van der Waals surface area (Å²) in [5.74, 6) is -5.51. The number of nitrogens with zero attached hydrogens (tertiary/aromatic N) is 2.